The predicted molar refractivity (Wildman–Crippen MR) is 78.8 cm³/mol. The summed E-state index contributed by atoms with van der Waals surface area (Å²) in [7, 11) is -5.14. The Bertz CT molecular complexity index is 697. The minimum Gasteiger partial charge on any atom is -0.358 e. The van der Waals surface area contributed by atoms with E-state index in [-0.39, 0.29) is 17.0 Å². The summed E-state index contributed by atoms with van der Waals surface area (Å²) < 4.78 is 38.6. The lowest BCUT2D eigenvalue weighted by molar-refractivity contribution is 0.233. The Hall–Kier alpha value is -1.87. The molecule has 0 bridgehead atoms. The van der Waals surface area contributed by atoms with Crippen LogP contribution < -0.4 is 9.50 Å². The standard InChI is InChI=1S/C12H16FN5O3S/c1-9-11(16-17-14)6-10(7-12(9)21-22(13,19)20)8-18-4-2-15-3-5-18/h6-7,15H,2-5,8H2,1H3. The van der Waals surface area contributed by atoms with Gasteiger partial charge in [-0.05, 0) is 30.2 Å². The van der Waals surface area contributed by atoms with Crippen molar-refractivity contribution in [3.63, 3.8) is 0 Å². The number of hydrogen-bond acceptors (Lipinski definition) is 6. The lowest BCUT2D eigenvalue weighted by atomic mass is 10.1. The molecular weight excluding hydrogens is 313 g/mol. The van der Waals surface area contributed by atoms with E-state index in [1.165, 1.54) is 13.0 Å². The normalized spacial score (nSPS) is 16.1. The Balaban J connectivity index is 2.34. The van der Waals surface area contributed by atoms with Gasteiger partial charge < -0.3 is 9.50 Å². The second kappa shape index (κ2) is 6.93. The fourth-order valence-corrected chi connectivity index (χ4v) is 2.68. The second-order valence-electron chi connectivity index (χ2n) is 4.93. The molecule has 1 aromatic rings. The van der Waals surface area contributed by atoms with Crippen molar-refractivity contribution in [1.82, 2.24) is 10.2 Å². The van der Waals surface area contributed by atoms with E-state index in [1.54, 1.807) is 6.07 Å². The zero-order valence-corrected chi connectivity index (χ0v) is 12.8. The van der Waals surface area contributed by atoms with Gasteiger partial charge in [-0.15, -0.1) is 0 Å². The zero-order valence-electron chi connectivity index (χ0n) is 12.0. The van der Waals surface area contributed by atoms with Gasteiger partial charge in [-0.2, -0.15) is 8.42 Å². The Morgan fingerprint density at radius 2 is 2.14 bits per heavy atom. The first kappa shape index (κ1) is 16.5. The molecule has 0 saturated carbocycles. The van der Waals surface area contributed by atoms with E-state index in [2.05, 4.69) is 24.4 Å². The van der Waals surface area contributed by atoms with Crippen LogP contribution >= 0.6 is 0 Å². The topological polar surface area (TPSA) is 107 Å². The zero-order chi connectivity index (χ0) is 16.2. The van der Waals surface area contributed by atoms with Gasteiger partial charge in [0.25, 0.3) is 0 Å². The number of nitrogens with one attached hydrogen (secondary N) is 1. The molecule has 0 spiro atoms. The number of nitrogens with zero attached hydrogens (tertiary/aromatic N) is 4. The molecule has 8 nitrogen and oxygen atoms in total. The van der Waals surface area contributed by atoms with Gasteiger partial charge in [0.1, 0.15) is 5.75 Å². The van der Waals surface area contributed by atoms with Crippen LogP contribution in [0.4, 0.5) is 9.57 Å². The lowest BCUT2D eigenvalue weighted by Gasteiger charge is -2.27. The molecule has 120 valence electrons. The van der Waals surface area contributed by atoms with Crippen LogP contribution in [0.1, 0.15) is 11.1 Å². The Labute approximate surface area is 127 Å². The maximum absolute atomic E-state index is 12.8. The molecular formula is C12H16FN5O3S. The van der Waals surface area contributed by atoms with Crippen molar-refractivity contribution in [2.24, 2.45) is 5.11 Å². The molecule has 1 saturated heterocycles. The molecule has 1 aliphatic heterocycles. The van der Waals surface area contributed by atoms with Crippen LogP contribution in [0.15, 0.2) is 17.2 Å². The van der Waals surface area contributed by atoms with Crippen LogP contribution in [0.5, 0.6) is 5.75 Å². The summed E-state index contributed by atoms with van der Waals surface area (Å²) >= 11 is 0. The molecule has 1 aromatic carbocycles. The van der Waals surface area contributed by atoms with Crippen molar-refractivity contribution in [3.8, 4) is 5.75 Å². The van der Waals surface area contributed by atoms with Crippen LogP contribution in [-0.4, -0.2) is 39.5 Å². The number of benzene rings is 1. The van der Waals surface area contributed by atoms with Gasteiger partial charge in [-0.1, -0.05) is 9.00 Å². The third-order valence-corrected chi connectivity index (χ3v) is 3.73. The molecule has 22 heavy (non-hydrogen) atoms. The molecule has 0 aromatic heterocycles. The summed E-state index contributed by atoms with van der Waals surface area (Å²) in [5.74, 6) is -0.169. The minimum atomic E-state index is -5.14. The van der Waals surface area contributed by atoms with E-state index >= 15 is 0 Å². The lowest BCUT2D eigenvalue weighted by Crippen LogP contribution is -2.42. The summed E-state index contributed by atoms with van der Waals surface area (Å²) in [6.07, 6.45) is 0. The van der Waals surface area contributed by atoms with Crippen LogP contribution in [-0.2, 0) is 17.0 Å². The summed E-state index contributed by atoms with van der Waals surface area (Å²) in [6.45, 7) is 5.41. The number of rotatable bonds is 5. The molecule has 0 unspecified atom stereocenters. The quantitative estimate of drug-likeness (QED) is 0.384. The van der Waals surface area contributed by atoms with Crippen LogP contribution in [0, 0.1) is 6.92 Å². The van der Waals surface area contributed by atoms with Gasteiger partial charge in [0.15, 0.2) is 0 Å². The molecule has 2 rings (SSSR count). The smallest absolute Gasteiger partial charge is 0.358 e. The second-order valence-corrected chi connectivity index (χ2v) is 5.88. The maximum atomic E-state index is 12.8. The summed E-state index contributed by atoms with van der Waals surface area (Å²) in [5, 5.41) is 6.72. The fourth-order valence-electron chi connectivity index (χ4n) is 2.29. The van der Waals surface area contributed by atoms with Crippen LogP contribution in [0.25, 0.3) is 10.4 Å². The minimum absolute atomic E-state index is 0.169. The van der Waals surface area contributed by atoms with Gasteiger partial charge in [0.05, 0.1) is 0 Å². The van der Waals surface area contributed by atoms with Crippen molar-refractivity contribution >= 4 is 16.2 Å². The first-order valence-corrected chi connectivity index (χ1v) is 7.95. The Morgan fingerprint density at radius 3 is 2.73 bits per heavy atom. The highest BCUT2D eigenvalue weighted by atomic mass is 32.3. The first-order valence-electron chi connectivity index (χ1n) is 6.65. The van der Waals surface area contributed by atoms with Gasteiger partial charge in [0.2, 0.25) is 0 Å². The molecule has 1 N–H and O–H groups in total. The molecule has 0 aliphatic carbocycles. The van der Waals surface area contributed by atoms with Crippen LogP contribution in [0.3, 0.4) is 0 Å². The highest BCUT2D eigenvalue weighted by Gasteiger charge is 2.17. The maximum Gasteiger partial charge on any atom is 0.488 e. The molecule has 0 atom stereocenters. The van der Waals surface area contributed by atoms with E-state index in [0.29, 0.717) is 12.1 Å². The van der Waals surface area contributed by atoms with Crippen molar-refractivity contribution in [1.29, 1.82) is 0 Å². The third kappa shape index (κ3) is 4.57. The van der Waals surface area contributed by atoms with Crippen molar-refractivity contribution in [2.45, 2.75) is 13.5 Å². The van der Waals surface area contributed by atoms with Crippen molar-refractivity contribution in [2.75, 3.05) is 26.2 Å². The number of piperazine rings is 1. The van der Waals surface area contributed by atoms with Crippen molar-refractivity contribution in [3.05, 3.63) is 33.7 Å². The van der Waals surface area contributed by atoms with Gasteiger partial charge in [-0.3, -0.25) is 4.90 Å². The molecule has 1 fully saturated rings. The molecule has 0 radical (unpaired) electrons. The van der Waals surface area contributed by atoms with Crippen LogP contribution in [0.2, 0.25) is 0 Å². The van der Waals surface area contributed by atoms with Gasteiger partial charge in [-0.25, -0.2) is 0 Å². The highest BCUT2D eigenvalue weighted by Crippen LogP contribution is 2.32. The average molecular weight is 329 g/mol. The number of azide groups is 1. The highest BCUT2D eigenvalue weighted by molar-refractivity contribution is 7.81. The molecule has 10 heteroatoms. The van der Waals surface area contributed by atoms with E-state index in [4.69, 9.17) is 5.53 Å². The van der Waals surface area contributed by atoms with E-state index in [0.717, 1.165) is 26.2 Å². The summed E-state index contributed by atoms with van der Waals surface area (Å²) in [4.78, 5) is 4.84. The fraction of sp³-hybridized carbons (Fsp3) is 0.500. The summed E-state index contributed by atoms with van der Waals surface area (Å²) in [5.41, 5.74) is 9.76. The molecule has 1 heterocycles. The SMILES string of the molecule is Cc1c(N=[N+]=[N-])cc(CN2CCNCC2)cc1OS(=O)(=O)F. The number of hydrogen-bond donors (Lipinski definition) is 1. The van der Waals surface area contributed by atoms with E-state index in [9.17, 15) is 12.3 Å². The van der Waals surface area contributed by atoms with E-state index < -0.39 is 10.5 Å². The third-order valence-electron chi connectivity index (χ3n) is 3.35. The van der Waals surface area contributed by atoms with Gasteiger partial charge in [0, 0.05) is 48.9 Å². The van der Waals surface area contributed by atoms with Crippen molar-refractivity contribution < 1.29 is 16.5 Å². The Kier molecular flexibility index (Phi) is 5.19. The average Bonchev–Trinajstić information content (AvgIpc) is 2.44. The molecule has 0 amide bonds. The van der Waals surface area contributed by atoms with Gasteiger partial charge >= 0.3 is 10.5 Å². The molecule has 1 aliphatic rings. The number of halogens is 1. The predicted octanol–water partition coefficient (Wildman–Crippen LogP) is 1.94. The first-order chi connectivity index (χ1) is 10.4. The largest absolute Gasteiger partial charge is 0.488 e. The Morgan fingerprint density at radius 1 is 1.45 bits per heavy atom. The van der Waals surface area contributed by atoms with E-state index in [1.807, 2.05) is 0 Å². The monoisotopic (exact) mass is 329 g/mol. The summed E-state index contributed by atoms with van der Waals surface area (Å²) in [6, 6.07) is 3.10.